The van der Waals surface area contributed by atoms with Gasteiger partial charge < -0.3 is 20.1 Å². The van der Waals surface area contributed by atoms with Crippen LogP contribution in [0.4, 0.5) is 5.95 Å². The second-order valence-corrected chi connectivity index (χ2v) is 8.56. The zero-order valence-electron chi connectivity index (χ0n) is 10.8. The molecule has 0 saturated carbocycles. The molecule has 3 heterocycles. The van der Waals surface area contributed by atoms with E-state index in [1.807, 2.05) is 0 Å². The number of aromatic nitrogens is 4. The predicted octanol–water partition coefficient (Wildman–Crippen LogP) is 0.101. The van der Waals surface area contributed by atoms with Crippen LogP contribution < -0.4 is 11.3 Å². The van der Waals surface area contributed by atoms with Crippen molar-refractivity contribution in [3.05, 3.63) is 16.7 Å². The van der Waals surface area contributed by atoms with Crippen LogP contribution in [0.5, 0.6) is 0 Å². The van der Waals surface area contributed by atoms with Crippen molar-refractivity contribution in [3.8, 4) is 0 Å². The molecule has 2 aromatic rings. The lowest BCUT2D eigenvalue weighted by molar-refractivity contribution is 0.368. The quantitative estimate of drug-likeness (QED) is 0.579. The van der Waals surface area contributed by atoms with Crippen LogP contribution in [0.1, 0.15) is 12.8 Å². The van der Waals surface area contributed by atoms with Crippen LogP contribution in [-0.2, 0) is 11.1 Å². The molecule has 11 heteroatoms. The van der Waals surface area contributed by atoms with Crippen molar-refractivity contribution in [3.63, 3.8) is 0 Å². The van der Waals surface area contributed by atoms with Gasteiger partial charge in [-0.05, 0) is 12.8 Å². The molecule has 1 fully saturated rings. The minimum Gasteiger partial charge on any atom is -0.369 e. The second kappa shape index (κ2) is 5.13. The summed E-state index contributed by atoms with van der Waals surface area (Å²) in [6, 6.07) is 0. The van der Waals surface area contributed by atoms with Crippen molar-refractivity contribution >= 4 is 36.5 Å². The smallest absolute Gasteiger partial charge is 0.338 e. The van der Waals surface area contributed by atoms with Gasteiger partial charge in [-0.2, -0.15) is 4.98 Å². The minimum atomic E-state index is -4.06. The van der Waals surface area contributed by atoms with E-state index in [0.29, 0.717) is 25.0 Å². The molecule has 2 aromatic heterocycles. The van der Waals surface area contributed by atoms with Gasteiger partial charge in [0.05, 0.1) is 6.33 Å². The van der Waals surface area contributed by atoms with E-state index in [1.165, 1.54) is 18.1 Å². The number of nitrogens with two attached hydrogens (primary N) is 1. The summed E-state index contributed by atoms with van der Waals surface area (Å²) in [7, 11) is -4.06. The third kappa shape index (κ3) is 2.84. The van der Waals surface area contributed by atoms with E-state index in [1.54, 1.807) is 4.57 Å². The van der Waals surface area contributed by atoms with Crippen molar-refractivity contribution in [1.82, 2.24) is 19.5 Å². The van der Waals surface area contributed by atoms with Crippen LogP contribution in [0.3, 0.4) is 0 Å². The third-order valence-electron chi connectivity index (χ3n) is 3.35. The number of rotatable bonds is 3. The molecule has 0 spiro atoms. The highest BCUT2D eigenvalue weighted by atomic mass is 32.2. The first-order valence-electron chi connectivity index (χ1n) is 6.26. The Kier molecular flexibility index (Phi) is 3.56. The molecular formula is C10H14N5O4PS. The summed E-state index contributed by atoms with van der Waals surface area (Å²) in [5, 5.41) is 0.0438. The van der Waals surface area contributed by atoms with E-state index < -0.39 is 18.1 Å². The fourth-order valence-electron chi connectivity index (χ4n) is 2.39. The summed E-state index contributed by atoms with van der Waals surface area (Å²) in [4.78, 5) is 39.9. The second-order valence-electron chi connectivity index (χ2n) is 4.90. The molecule has 0 bridgehead atoms. The van der Waals surface area contributed by atoms with Crippen molar-refractivity contribution in [2.24, 2.45) is 0 Å². The molecule has 1 aliphatic rings. The molecule has 9 nitrogen and oxygen atoms in total. The van der Waals surface area contributed by atoms with E-state index in [4.69, 9.17) is 5.73 Å². The van der Waals surface area contributed by atoms with Gasteiger partial charge in [0.25, 0.3) is 5.56 Å². The van der Waals surface area contributed by atoms with Crippen LogP contribution in [0.25, 0.3) is 11.2 Å². The highest BCUT2D eigenvalue weighted by Gasteiger charge is 2.37. The van der Waals surface area contributed by atoms with E-state index >= 15 is 0 Å². The molecule has 21 heavy (non-hydrogen) atoms. The summed E-state index contributed by atoms with van der Waals surface area (Å²) in [6.07, 6.45) is 2.67. The lowest BCUT2D eigenvalue weighted by Gasteiger charge is -2.13. The number of nitrogens with zero attached hydrogens (tertiary/aromatic N) is 3. The van der Waals surface area contributed by atoms with Crippen LogP contribution in [0.2, 0.25) is 0 Å². The number of hydrogen-bond donors (Lipinski definition) is 4. The Bertz CT molecular complexity index is 783. The fourth-order valence-corrected chi connectivity index (χ4v) is 5.26. The molecule has 3 rings (SSSR count). The largest absolute Gasteiger partial charge is 0.369 e. The lowest BCUT2D eigenvalue weighted by atomic mass is 10.2. The van der Waals surface area contributed by atoms with Crippen molar-refractivity contribution < 1.29 is 14.4 Å². The van der Waals surface area contributed by atoms with E-state index in [0.717, 1.165) is 0 Å². The van der Waals surface area contributed by atoms with Gasteiger partial charge in [-0.25, -0.2) is 4.98 Å². The first kappa shape index (κ1) is 14.6. The summed E-state index contributed by atoms with van der Waals surface area (Å²) < 4.78 is 13.0. The average molecular weight is 331 g/mol. The van der Waals surface area contributed by atoms with Gasteiger partial charge in [0, 0.05) is 11.8 Å². The number of nitrogen functional groups attached to an aromatic ring is 1. The van der Waals surface area contributed by atoms with Crippen LogP contribution >= 0.6 is 19.4 Å². The first-order valence-corrected chi connectivity index (χ1v) is 8.88. The van der Waals surface area contributed by atoms with Gasteiger partial charge in [0.2, 0.25) is 5.95 Å². The topological polar surface area (TPSA) is 147 Å². The van der Waals surface area contributed by atoms with Gasteiger partial charge in [-0.15, -0.1) is 11.8 Å². The number of aromatic amines is 1. The number of nitrogens with one attached hydrogen (secondary N) is 1. The van der Waals surface area contributed by atoms with Gasteiger partial charge in [-0.3, -0.25) is 14.3 Å². The zero-order valence-corrected chi connectivity index (χ0v) is 12.5. The Morgan fingerprint density at radius 1 is 1.52 bits per heavy atom. The monoisotopic (exact) mass is 331 g/mol. The van der Waals surface area contributed by atoms with E-state index in [-0.39, 0.29) is 16.7 Å². The van der Waals surface area contributed by atoms with Crippen molar-refractivity contribution in [2.45, 2.75) is 29.6 Å². The number of fused-ring (bicyclic) bond motifs is 1. The zero-order chi connectivity index (χ0) is 15.2. The van der Waals surface area contributed by atoms with Crippen LogP contribution in [-0.4, -0.2) is 39.5 Å². The highest BCUT2D eigenvalue weighted by molar-refractivity contribution is 8.06. The van der Waals surface area contributed by atoms with Gasteiger partial charge in [-0.1, -0.05) is 0 Å². The van der Waals surface area contributed by atoms with E-state index in [9.17, 15) is 19.1 Å². The molecule has 0 amide bonds. The Balaban J connectivity index is 1.84. The maximum atomic E-state index is 11.7. The third-order valence-corrected chi connectivity index (χ3v) is 6.87. The first-order chi connectivity index (χ1) is 9.84. The fraction of sp³-hybridized carbons (Fsp3) is 0.500. The number of H-pyrrole nitrogens is 1. The molecule has 0 aromatic carbocycles. The highest BCUT2D eigenvalue weighted by Crippen LogP contribution is 2.55. The summed E-state index contributed by atoms with van der Waals surface area (Å²) in [5.41, 5.74) is 5.72. The van der Waals surface area contributed by atoms with Gasteiger partial charge in [0.15, 0.2) is 11.2 Å². The van der Waals surface area contributed by atoms with Crippen LogP contribution in [0, 0.1) is 0 Å². The Labute approximate surface area is 123 Å². The normalized spacial score (nSPS) is 23.0. The Morgan fingerprint density at radius 3 is 2.95 bits per heavy atom. The molecule has 5 N–H and O–H groups in total. The van der Waals surface area contributed by atoms with Crippen molar-refractivity contribution in [1.29, 1.82) is 0 Å². The Morgan fingerprint density at radius 2 is 2.29 bits per heavy atom. The maximum Gasteiger partial charge on any atom is 0.338 e. The molecule has 1 saturated heterocycles. The standard InChI is InChI=1S/C10H14N5O4PS/c11-10-13-8-7(9(16)14-10)12-4-15(8)3-5-1-2-6(21-5)20(17,18)19/h4-6H,1-3H2,(H2,17,18,19)(H3,11,13,14,16)/t5-,6+/m0/s1. The molecule has 2 atom stereocenters. The molecule has 0 radical (unpaired) electrons. The lowest BCUT2D eigenvalue weighted by Crippen LogP contribution is -2.14. The van der Waals surface area contributed by atoms with Crippen molar-refractivity contribution in [2.75, 3.05) is 5.73 Å². The summed E-state index contributed by atoms with van der Waals surface area (Å²) in [6.45, 7) is 0.480. The molecule has 0 aliphatic carbocycles. The summed E-state index contributed by atoms with van der Waals surface area (Å²) in [5.74, 6) is 0.0152. The van der Waals surface area contributed by atoms with Gasteiger partial charge >= 0.3 is 7.60 Å². The summed E-state index contributed by atoms with van der Waals surface area (Å²) >= 11 is 1.28. The minimum absolute atomic E-state index is 0.0152. The maximum absolute atomic E-state index is 11.7. The molecular weight excluding hydrogens is 317 g/mol. The number of anilines is 1. The van der Waals surface area contributed by atoms with Crippen LogP contribution in [0.15, 0.2) is 11.1 Å². The molecule has 114 valence electrons. The van der Waals surface area contributed by atoms with E-state index in [2.05, 4.69) is 15.0 Å². The predicted molar refractivity (Wildman–Crippen MR) is 79.0 cm³/mol. The van der Waals surface area contributed by atoms with Gasteiger partial charge in [0.1, 0.15) is 4.99 Å². The number of hydrogen-bond acceptors (Lipinski definition) is 6. The average Bonchev–Trinajstić information content (AvgIpc) is 2.97. The molecule has 1 aliphatic heterocycles. The Hall–Kier alpha value is -1.35. The molecule has 0 unspecified atom stereocenters. The number of imidazole rings is 1. The number of thioether (sulfide) groups is 1. The SMILES string of the molecule is Nc1nc2c(ncn2C[C@@H]2CC[C@H](P(=O)(O)O)S2)c(=O)[nH]1.